The molecule has 2 nitrogen and oxygen atoms in total. The van der Waals surface area contributed by atoms with Crippen molar-refractivity contribution in [1.29, 1.82) is 0 Å². The molecule has 0 rings (SSSR count). The molecular formula is C12H25NO. The fourth-order valence-electron chi connectivity index (χ4n) is 2.09. The van der Waals surface area contributed by atoms with Gasteiger partial charge < -0.3 is 4.90 Å². The lowest BCUT2D eigenvalue weighted by Crippen LogP contribution is -2.40. The van der Waals surface area contributed by atoms with Crippen LogP contribution < -0.4 is 0 Å². The molecule has 0 saturated heterocycles. The van der Waals surface area contributed by atoms with Crippen molar-refractivity contribution in [3.63, 3.8) is 0 Å². The number of hydrogen-bond acceptors (Lipinski definition) is 1. The topological polar surface area (TPSA) is 20.3 Å². The van der Waals surface area contributed by atoms with E-state index in [0.29, 0.717) is 17.7 Å². The van der Waals surface area contributed by atoms with E-state index in [2.05, 4.69) is 27.7 Å². The zero-order valence-electron chi connectivity index (χ0n) is 10.5. The number of nitrogens with zero attached hydrogens (tertiary/aromatic N) is 1. The lowest BCUT2D eigenvalue weighted by atomic mass is 9.84. The van der Waals surface area contributed by atoms with Crippen LogP contribution in [0, 0.1) is 17.8 Å². The normalized spacial score (nSPS) is 11.5. The molecule has 0 aromatic carbocycles. The molecule has 0 aliphatic carbocycles. The molecule has 0 spiro atoms. The number of carbonyl (C=O) groups excluding carboxylic acids is 1. The summed E-state index contributed by atoms with van der Waals surface area (Å²) in [4.78, 5) is 14.0. The minimum atomic E-state index is 0.176. The fourth-order valence-corrected chi connectivity index (χ4v) is 2.09. The first kappa shape index (κ1) is 13.5. The summed E-state index contributed by atoms with van der Waals surface area (Å²) >= 11 is 0. The molecule has 0 aromatic rings. The Hall–Kier alpha value is -0.530. The monoisotopic (exact) mass is 199 g/mol. The highest BCUT2D eigenvalue weighted by molar-refractivity contribution is 5.79. The van der Waals surface area contributed by atoms with Gasteiger partial charge >= 0.3 is 0 Å². The molecule has 0 atom stereocenters. The minimum Gasteiger partial charge on any atom is -0.343 e. The van der Waals surface area contributed by atoms with E-state index in [9.17, 15) is 4.79 Å². The van der Waals surface area contributed by atoms with Gasteiger partial charge in [0.25, 0.3) is 0 Å². The van der Waals surface area contributed by atoms with Gasteiger partial charge in [0.15, 0.2) is 0 Å². The predicted molar refractivity (Wildman–Crippen MR) is 61.1 cm³/mol. The van der Waals surface area contributed by atoms with Crippen LogP contribution in [-0.2, 0) is 4.79 Å². The summed E-state index contributed by atoms with van der Waals surface area (Å²) in [6.45, 7) is 14.3. The first-order valence-electron chi connectivity index (χ1n) is 5.74. The third kappa shape index (κ3) is 3.32. The Kier molecular flexibility index (Phi) is 5.82. The maximum atomic E-state index is 12.1. The van der Waals surface area contributed by atoms with Crippen LogP contribution >= 0.6 is 0 Å². The van der Waals surface area contributed by atoms with Crippen molar-refractivity contribution in [2.24, 2.45) is 17.8 Å². The van der Waals surface area contributed by atoms with Crippen LogP contribution in [-0.4, -0.2) is 23.9 Å². The second-order valence-electron chi connectivity index (χ2n) is 4.52. The van der Waals surface area contributed by atoms with E-state index in [4.69, 9.17) is 0 Å². The van der Waals surface area contributed by atoms with Crippen LogP contribution in [0.15, 0.2) is 0 Å². The molecular weight excluding hydrogens is 174 g/mol. The van der Waals surface area contributed by atoms with Gasteiger partial charge in [-0.2, -0.15) is 0 Å². The van der Waals surface area contributed by atoms with E-state index in [-0.39, 0.29) is 5.92 Å². The summed E-state index contributed by atoms with van der Waals surface area (Å²) in [5.74, 6) is 1.36. The van der Waals surface area contributed by atoms with Crippen LogP contribution in [0.2, 0.25) is 0 Å². The van der Waals surface area contributed by atoms with Crippen molar-refractivity contribution in [3.05, 3.63) is 0 Å². The van der Waals surface area contributed by atoms with Gasteiger partial charge in [-0.1, -0.05) is 27.7 Å². The molecule has 0 aliphatic heterocycles. The van der Waals surface area contributed by atoms with E-state index in [1.165, 1.54) is 0 Å². The maximum absolute atomic E-state index is 12.1. The van der Waals surface area contributed by atoms with Gasteiger partial charge in [-0.25, -0.2) is 0 Å². The highest BCUT2D eigenvalue weighted by atomic mass is 16.2. The molecule has 0 radical (unpaired) electrons. The molecule has 0 bridgehead atoms. The summed E-state index contributed by atoms with van der Waals surface area (Å²) in [7, 11) is 0. The van der Waals surface area contributed by atoms with Crippen molar-refractivity contribution < 1.29 is 4.79 Å². The highest BCUT2D eigenvalue weighted by Gasteiger charge is 2.28. The Balaban J connectivity index is 4.58. The second-order valence-corrected chi connectivity index (χ2v) is 4.52. The van der Waals surface area contributed by atoms with Crippen molar-refractivity contribution in [2.45, 2.75) is 41.5 Å². The number of amides is 1. The van der Waals surface area contributed by atoms with E-state index in [1.54, 1.807) is 0 Å². The Morgan fingerprint density at radius 1 is 1.00 bits per heavy atom. The van der Waals surface area contributed by atoms with Crippen LogP contribution in [0.1, 0.15) is 41.5 Å². The van der Waals surface area contributed by atoms with E-state index in [0.717, 1.165) is 13.1 Å². The Bertz CT molecular complexity index is 163. The molecule has 0 saturated carbocycles. The molecule has 1 amide bonds. The SMILES string of the molecule is CCN(CC)C(=O)C(C(C)C)C(C)C. The van der Waals surface area contributed by atoms with Gasteiger partial charge in [-0.15, -0.1) is 0 Å². The highest BCUT2D eigenvalue weighted by Crippen LogP contribution is 2.22. The predicted octanol–water partition coefficient (Wildman–Crippen LogP) is 2.78. The maximum Gasteiger partial charge on any atom is 0.226 e. The molecule has 84 valence electrons. The number of rotatable bonds is 5. The second kappa shape index (κ2) is 6.05. The Morgan fingerprint density at radius 2 is 1.36 bits per heavy atom. The first-order chi connectivity index (χ1) is 6.45. The van der Waals surface area contributed by atoms with Crippen LogP contribution in [0.3, 0.4) is 0 Å². The van der Waals surface area contributed by atoms with Crippen molar-refractivity contribution >= 4 is 5.91 Å². The van der Waals surface area contributed by atoms with Gasteiger partial charge in [0.1, 0.15) is 0 Å². The lowest BCUT2D eigenvalue weighted by Gasteiger charge is -2.29. The largest absolute Gasteiger partial charge is 0.343 e. The van der Waals surface area contributed by atoms with Gasteiger partial charge in [-0.05, 0) is 25.7 Å². The molecule has 14 heavy (non-hydrogen) atoms. The molecule has 2 heteroatoms. The molecule has 0 heterocycles. The molecule has 0 fully saturated rings. The zero-order valence-corrected chi connectivity index (χ0v) is 10.5. The third-order valence-corrected chi connectivity index (χ3v) is 2.80. The summed E-state index contributed by atoms with van der Waals surface area (Å²) in [5.41, 5.74) is 0. The summed E-state index contributed by atoms with van der Waals surface area (Å²) in [6.07, 6.45) is 0. The summed E-state index contributed by atoms with van der Waals surface area (Å²) < 4.78 is 0. The Labute approximate surface area is 88.7 Å². The lowest BCUT2D eigenvalue weighted by molar-refractivity contribution is -0.138. The first-order valence-corrected chi connectivity index (χ1v) is 5.74. The smallest absolute Gasteiger partial charge is 0.226 e. The van der Waals surface area contributed by atoms with Gasteiger partial charge in [0.05, 0.1) is 0 Å². The Morgan fingerprint density at radius 3 is 1.57 bits per heavy atom. The average molecular weight is 199 g/mol. The molecule has 0 unspecified atom stereocenters. The van der Waals surface area contributed by atoms with E-state index >= 15 is 0 Å². The van der Waals surface area contributed by atoms with Gasteiger partial charge in [0, 0.05) is 19.0 Å². The minimum absolute atomic E-state index is 0.176. The van der Waals surface area contributed by atoms with E-state index < -0.39 is 0 Å². The quantitative estimate of drug-likeness (QED) is 0.666. The van der Waals surface area contributed by atoms with Gasteiger partial charge in [-0.3, -0.25) is 4.79 Å². The third-order valence-electron chi connectivity index (χ3n) is 2.80. The molecule has 0 aromatic heterocycles. The zero-order chi connectivity index (χ0) is 11.3. The van der Waals surface area contributed by atoms with Crippen LogP contribution in [0.4, 0.5) is 0 Å². The molecule has 0 aliphatic rings. The number of hydrogen-bond donors (Lipinski definition) is 0. The van der Waals surface area contributed by atoms with Crippen LogP contribution in [0.5, 0.6) is 0 Å². The fraction of sp³-hybridized carbons (Fsp3) is 0.917. The average Bonchev–Trinajstić information content (AvgIpc) is 2.04. The standard InChI is InChI=1S/C12H25NO/c1-7-13(8-2)12(14)11(9(3)4)10(5)6/h9-11H,7-8H2,1-6H3. The summed E-state index contributed by atoms with van der Waals surface area (Å²) in [6, 6.07) is 0. The van der Waals surface area contributed by atoms with Crippen molar-refractivity contribution in [3.8, 4) is 0 Å². The van der Waals surface area contributed by atoms with E-state index in [1.807, 2.05) is 18.7 Å². The van der Waals surface area contributed by atoms with Gasteiger partial charge in [0.2, 0.25) is 5.91 Å². The molecule has 0 N–H and O–H groups in total. The summed E-state index contributed by atoms with van der Waals surface area (Å²) in [5, 5.41) is 0. The number of carbonyl (C=O) groups is 1. The van der Waals surface area contributed by atoms with Crippen molar-refractivity contribution in [2.75, 3.05) is 13.1 Å². The van der Waals surface area contributed by atoms with Crippen molar-refractivity contribution in [1.82, 2.24) is 4.90 Å². The van der Waals surface area contributed by atoms with Crippen LogP contribution in [0.25, 0.3) is 0 Å².